The number of nitrogens with one attached hydrogen (secondary N) is 2. The first-order valence-corrected chi connectivity index (χ1v) is 11.0. The van der Waals surface area contributed by atoms with E-state index in [2.05, 4.69) is 10.6 Å². The maximum atomic E-state index is 13.1. The lowest BCUT2D eigenvalue weighted by Gasteiger charge is -2.18. The van der Waals surface area contributed by atoms with Gasteiger partial charge in [0.15, 0.2) is 0 Å². The molecule has 0 aliphatic heterocycles. The largest absolute Gasteiger partial charge is 0.348 e. The maximum Gasteiger partial charge on any atom is 0.253 e. The van der Waals surface area contributed by atoms with E-state index < -0.39 is 0 Å². The van der Waals surface area contributed by atoms with Gasteiger partial charge in [0.25, 0.3) is 5.91 Å². The Morgan fingerprint density at radius 1 is 0.636 bits per heavy atom. The molecule has 0 heterocycles. The van der Waals surface area contributed by atoms with Gasteiger partial charge in [0.1, 0.15) is 0 Å². The van der Waals surface area contributed by atoms with Crippen LogP contribution in [0.15, 0.2) is 115 Å². The van der Waals surface area contributed by atoms with Gasteiger partial charge in [-0.2, -0.15) is 0 Å². The number of carbonyl (C=O) groups is 2. The summed E-state index contributed by atoms with van der Waals surface area (Å²) >= 11 is 0. The van der Waals surface area contributed by atoms with E-state index >= 15 is 0 Å². The second kappa shape index (κ2) is 10.9. The van der Waals surface area contributed by atoms with E-state index in [-0.39, 0.29) is 24.2 Å². The van der Waals surface area contributed by atoms with E-state index in [0.717, 1.165) is 16.7 Å². The van der Waals surface area contributed by atoms with E-state index in [1.165, 1.54) is 0 Å². The standard InChI is InChI=1S/C29H26N2O2/c32-28(20-26(23-14-6-2-7-15-23)24-16-8-3-9-17-24)31-27-19-11-10-18-25(27)29(33)30-21-22-12-4-1-5-13-22/h1-19,26H,20-21H2,(H,30,33)(H,31,32). The highest BCUT2D eigenvalue weighted by atomic mass is 16.2. The van der Waals surface area contributed by atoms with Gasteiger partial charge in [0.05, 0.1) is 11.3 Å². The maximum absolute atomic E-state index is 13.1. The van der Waals surface area contributed by atoms with Crippen LogP contribution in [0.25, 0.3) is 0 Å². The van der Waals surface area contributed by atoms with E-state index in [1.807, 2.05) is 97.1 Å². The van der Waals surface area contributed by atoms with Gasteiger partial charge in [-0.1, -0.05) is 103 Å². The summed E-state index contributed by atoms with van der Waals surface area (Å²) < 4.78 is 0. The minimum absolute atomic E-state index is 0.0773. The minimum atomic E-state index is -0.225. The number of para-hydroxylation sites is 1. The number of hydrogen-bond acceptors (Lipinski definition) is 2. The van der Waals surface area contributed by atoms with Crippen LogP contribution in [0.4, 0.5) is 5.69 Å². The predicted octanol–water partition coefficient (Wildman–Crippen LogP) is 5.78. The fraction of sp³-hybridized carbons (Fsp3) is 0.103. The predicted molar refractivity (Wildman–Crippen MR) is 132 cm³/mol. The van der Waals surface area contributed by atoms with Crippen LogP contribution in [0.3, 0.4) is 0 Å². The zero-order valence-corrected chi connectivity index (χ0v) is 18.3. The smallest absolute Gasteiger partial charge is 0.253 e. The fourth-order valence-corrected chi connectivity index (χ4v) is 3.85. The molecule has 0 unspecified atom stereocenters. The van der Waals surface area contributed by atoms with Crippen molar-refractivity contribution in [2.45, 2.75) is 18.9 Å². The van der Waals surface area contributed by atoms with Crippen molar-refractivity contribution in [2.75, 3.05) is 5.32 Å². The molecule has 0 aromatic heterocycles. The summed E-state index contributed by atoms with van der Waals surface area (Å²) in [5.41, 5.74) is 4.12. The molecule has 0 bridgehead atoms. The summed E-state index contributed by atoms with van der Waals surface area (Å²) in [6.45, 7) is 0.423. The number of amides is 2. The van der Waals surface area contributed by atoms with Gasteiger partial charge in [0, 0.05) is 18.9 Å². The van der Waals surface area contributed by atoms with Crippen LogP contribution in [-0.4, -0.2) is 11.8 Å². The first-order chi connectivity index (χ1) is 16.2. The Kier molecular flexibility index (Phi) is 7.29. The van der Waals surface area contributed by atoms with Gasteiger partial charge in [-0.25, -0.2) is 0 Å². The molecule has 2 N–H and O–H groups in total. The highest BCUT2D eigenvalue weighted by molar-refractivity contribution is 6.03. The van der Waals surface area contributed by atoms with E-state index in [9.17, 15) is 9.59 Å². The van der Waals surface area contributed by atoms with Crippen molar-refractivity contribution in [2.24, 2.45) is 0 Å². The summed E-state index contributed by atoms with van der Waals surface area (Å²) in [5, 5.41) is 5.89. The summed E-state index contributed by atoms with van der Waals surface area (Å²) in [7, 11) is 0. The van der Waals surface area contributed by atoms with E-state index in [0.29, 0.717) is 17.8 Å². The monoisotopic (exact) mass is 434 g/mol. The number of hydrogen-bond donors (Lipinski definition) is 2. The van der Waals surface area contributed by atoms with Gasteiger partial charge in [-0.05, 0) is 28.8 Å². The van der Waals surface area contributed by atoms with E-state index in [1.54, 1.807) is 18.2 Å². The molecular weight excluding hydrogens is 408 g/mol. The van der Waals surface area contributed by atoms with Crippen molar-refractivity contribution in [1.82, 2.24) is 5.32 Å². The molecule has 4 heteroatoms. The molecule has 4 nitrogen and oxygen atoms in total. The molecule has 33 heavy (non-hydrogen) atoms. The Labute approximate surface area is 194 Å². The molecule has 0 saturated carbocycles. The molecular formula is C29H26N2O2. The second-order valence-electron chi connectivity index (χ2n) is 7.84. The SMILES string of the molecule is O=C(CC(c1ccccc1)c1ccccc1)Nc1ccccc1C(=O)NCc1ccccc1. The lowest BCUT2D eigenvalue weighted by Crippen LogP contribution is -2.25. The zero-order chi connectivity index (χ0) is 22.9. The van der Waals surface area contributed by atoms with Crippen LogP contribution in [-0.2, 0) is 11.3 Å². The molecule has 0 spiro atoms. The number of carbonyl (C=O) groups excluding carboxylic acids is 2. The van der Waals surface area contributed by atoms with Crippen molar-refractivity contribution < 1.29 is 9.59 Å². The topological polar surface area (TPSA) is 58.2 Å². The molecule has 4 aromatic carbocycles. The first-order valence-electron chi connectivity index (χ1n) is 11.0. The summed E-state index contributed by atoms with van der Waals surface area (Å²) in [6.07, 6.45) is 0.272. The third-order valence-corrected chi connectivity index (χ3v) is 5.54. The average Bonchev–Trinajstić information content (AvgIpc) is 2.88. The Morgan fingerprint density at radius 3 is 1.76 bits per heavy atom. The van der Waals surface area contributed by atoms with Crippen molar-refractivity contribution in [3.05, 3.63) is 138 Å². The quantitative estimate of drug-likeness (QED) is 0.369. The van der Waals surface area contributed by atoms with Gasteiger partial charge in [0.2, 0.25) is 5.91 Å². The molecule has 0 saturated heterocycles. The second-order valence-corrected chi connectivity index (χ2v) is 7.84. The Hall–Kier alpha value is -4.18. The molecule has 4 rings (SSSR count). The lowest BCUT2D eigenvalue weighted by atomic mass is 9.88. The van der Waals surface area contributed by atoms with Gasteiger partial charge >= 0.3 is 0 Å². The number of anilines is 1. The number of benzene rings is 4. The fourth-order valence-electron chi connectivity index (χ4n) is 3.85. The first kappa shape index (κ1) is 22.0. The highest BCUT2D eigenvalue weighted by Crippen LogP contribution is 2.28. The summed E-state index contributed by atoms with van der Waals surface area (Å²) in [6, 6.07) is 36.8. The van der Waals surface area contributed by atoms with Gasteiger partial charge in [-0.15, -0.1) is 0 Å². The molecule has 164 valence electrons. The highest BCUT2D eigenvalue weighted by Gasteiger charge is 2.20. The van der Waals surface area contributed by atoms with Crippen molar-refractivity contribution in [3.8, 4) is 0 Å². The average molecular weight is 435 g/mol. The normalized spacial score (nSPS) is 10.6. The van der Waals surface area contributed by atoms with Crippen LogP contribution < -0.4 is 10.6 Å². The van der Waals surface area contributed by atoms with Crippen molar-refractivity contribution in [1.29, 1.82) is 0 Å². The molecule has 0 aliphatic carbocycles. The lowest BCUT2D eigenvalue weighted by molar-refractivity contribution is -0.116. The Morgan fingerprint density at radius 2 is 1.15 bits per heavy atom. The summed E-state index contributed by atoms with van der Waals surface area (Å²) in [5.74, 6) is -0.445. The Bertz CT molecular complexity index is 1150. The number of rotatable bonds is 8. The van der Waals surface area contributed by atoms with Crippen LogP contribution in [0, 0.1) is 0 Å². The van der Waals surface area contributed by atoms with Crippen molar-refractivity contribution in [3.63, 3.8) is 0 Å². The van der Waals surface area contributed by atoms with Crippen LogP contribution in [0.5, 0.6) is 0 Å². The molecule has 0 radical (unpaired) electrons. The third-order valence-electron chi connectivity index (χ3n) is 5.54. The Balaban J connectivity index is 1.48. The molecule has 0 fully saturated rings. The van der Waals surface area contributed by atoms with Gasteiger partial charge in [-0.3, -0.25) is 9.59 Å². The molecule has 4 aromatic rings. The van der Waals surface area contributed by atoms with Crippen LogP contribution >= 0.6 is 0 Å². The third kappa shape index (κ3) is 5.95. The molecule has 0 atom stereocenters. The van der Waals surface area contributed by atoms with Crippen LogP contribution in [0.1, 0.15) is 39.4 Å². The molecule has 2 amide bonds. The van der Waals surface area contributed by atoms with E-state index in [4.69, 9.17) is 0 Å². The zero-order valence-electron chi connectivity index (χ0n) is 18.3. The minimum Gasteiger partial charge on any atom is -0.348 e. The van der Waals surface area contributed by atoms with Crippen molar-refractivity contribution >= 4 is 17.5 Å². The van der Waals surface area contributed by atoms with Crippen LogP contribution in [0.2, 0.25) is 0 Å². The molecule has 0 aliphatic rings. The van der Waals surface area contributed by atoms with Gasteiger partial charge < -0.3 is 10.6 Å². The summed E-state index contributed by atoms with van der Waals surface area (Å²) in [4.78, 5) is 25.9.